The van der Waals surface area contributed by atoms with Crippen molar-refractivity contribution in [3.8, 4) is 11.5 Å². The van der Waals surface area contributed by atoms with Gasteiger partial charge in [0.05, 0.1) is 5.69 Å². The minimum Gasteiger partial charge on any atom is -0.454 e. The highest BCUT2D eigenvalue weighted by Crippen LogP contribution is 2.33. The minimum atomic E-state index is -0.242. The van der Waals surface area contributed by atoms with Crippen LogP contribution in [0.15, 0.2) is 34.8 Å². The summed E-state index contributed by atoms with van der Waals surface area (Å²) in [7, 11) is 0. The van der Waals surface area contributed by atoms with Gasteiger partial charge in [-0.15, -0.1) is 0 Å². The van der Waals surface area contributed by atoms with Crippen molar-refractivity contribution in [3.63, 3.8) is 0 Å². The number of fused-ring (bicyclic) bond motifs is 1. The molecule has 21 heavy (non-hydrogen) atoms. The fourth-order valence-electron chi connectivity index (χ4n) is 1.97. The first kappa shape index (κ1) is 14.2. The van der Waals surface area contributed by atoms with Crippen molar-refractivity contribution >= 4 is 39.1 Å². The summed E-state index contributed by atoms with van der Waals surface area (Å²) in [5.41, 5.74) is 2.04. The Morgan fingerprint density at radius 3 is 2.81 bits per heavy atom. The predicted octanol–water partition coefficient (Wildman–Crippen LogP) is 4.39. The zero-order chi connectivity index (χ0) is 15.0. The molecule has 0 unspecified atom stereocenters. The molecule has 3 rings (SSSR count). The van der Waals surface area contributed by atoms with Crippen molar-refractivity contribution in [1.29, 1.82) is 0 Å². The minimum absolute atomic E-state index is 0.180. The van der Waals surface area contributed by atoms with E-state index in [9.17, 15) is 4.79 Å². The molecular weight excluding hydrogens is 358 g/mol. The number of amides is 1. The van der Waals surface area contributed by atoms with E-state index in [1.54, 1.807) is 24.3 Å². The molecule has 0 atom stereocenters. The Morgan fingerprint density at radius 2 is 2.00 bits per heavy atom. The topological polar surface area (TPSA) is 47.6 Å². The highest BCUT2D eigenvalue weighted by atomic mass is 79.9. The van der Waals surface area contributed by atoms with Gasteiger partial charge in [-0.3, -0.25) is 4.79 Å². The Balaban J connectivity index is 1.85. The van der Waals surface area contributed by atoms with Crippen molar-refractivity contribution in [3.05, 3.63) is 51.0 Å². The van der Waals surface area contributed by atoms with Crippen molar-refractivity contribution in [2.45, 2.75) is 6.92 Å². The van der Waals surface area contributed by atoms with Gasteiger partial charge in [0, 0.05) is 15.1 Å². The molecule has 4 nitrogen and oxygen atoms in total. The Morgan fingerprint density at radius 1 is 1.24 bits per heavy atom. The first-order valence-corrected chi connectivity index (χ1v) is 7.38. The van der Waals surface area contributed by atoms with E-state index in [2.05, 4.69) is 21.2 Å². The summed E-state index contributed by atoms with van der Waals surface area (Å²) in [4.78, 5) is 12.3. The van der Waals surface area contributed by atoms with E-state index in [4.69, 9.17) is 21.1 Å². The zero-order valence-corrected chi connectivity index (χ0v) is 13.4. The summed E-state index contributed by atoms with van der Waals surface area (Å²) in [5.74, 6) is 0.976. The van der Waals surface area contributed by atoms with E-state index in [-0.39, 0.29) is 12.7 Å². The van der Waals surface area contributed by atoms with Crippen LogP contribution in [0.4, 0.5) is 5.69 Å². The first-order chi connectivity index (χ1) is 10.0. The maximum absolute atomic E-state index is 12.3. The number of hydrogen-bond acceptors (Lipinski definition) is 3. The third-order valence-corrected chi connectivity index (χ3v) is 4.19. The molecule has 1 heterocycles. The third kappa shape index (κ3) is 2.84. The van der Waals surface area contributed by atoms with Crippen LogP contribution < -0.4 is 14.8 Å². The molecule has 0 aliphatic carbocycles. The van der Waals surface area contributed by atoms with E-state index in [1.807, 2.05) is 13.0 Å². The number of halogens is 2. The smallest absolute Gasteiger partial charge is 0.255 e. The van der Waals surface area contributed by atoms with Gasteiger partial charge in [0.25, 0.3) is 5.91 Å². The van der Waals surface area contributed by atoms with Crippen LogP contribution in [-0.2, 0) is 0 Å². The van der Waals surface area contributed by atoms with E-state index >= 15 is 0 Å². The first-order valence-electron chi connectivity index (χ1n) is 6.21. The quantitative estimate of drug-likeness (QED) is 0.855. The molecule has 1 aliphatic heterocycles. The number of carbonyl (C=O) groups excluding carboxylic acids is 1. The molecule has 1 aliphatic rings. The molecule has 6 heteroatoms. The van der Waals surface area contributed by atoms with Gasteiger partial charge in [0.15, 0.2) is 11.5 Å². The van der Waals surface area contributed by atoms with Gasteiger partial charge in [-0.25, -0.2) is 0 Å². The number of nitrogens with one attached hydrogen (secondary N) is 1. The monoisotopic (exact) mass is 367 g/mol. The Labute approximate surface area is 135 Å². The molecular formula is C15H11BrClNO3. The Kier molecular flexibility index (Phi) is 3.78. The van der Waals surface area contributed by atoms with Crippen molar-refractivity contribution < 1.29 is 14.3 Å². The molecule has 0 saturated carbocycles. The molecule has 0 saturated heterocycles. The van der Waals surface area contributed by atoms with Crippen LogP contribution in [0.5, 0.6) is 11.5 Å². The van der Waals surface area contributed by atoms with E-state index in [1.165, 1.54) is 0 Å². The van der Waals surface area contributed by atoms with Gasteiger partial charge in [0.2, 0.25) is 6.79 Å². The lowest BCUT2D eigenvalue weighted by molar-refractivity contribution is 0.102. The van der Waals surface area contributed by atoms with E-state index < -0.39 is 0 Å². The largest absolute Gasteiger partial charge is 0.454 e. The number of hydrogen-bond donors (Lipinski definition) is 1. The van der Waals surface area contributed by atoms with Gasteiger partial charge in [0.1, 0.15) is 0 Å². The molecule has 108 valence electrons. The average Bonchev–Trinajstić information content (AvgIpc) is 2.92. The standard InChI is InChI=1S/C15H11BrClNO3/c1-8-4-10(16)12(6-11(8)17)18-15(19)9-2-3-13-14(5-9)21-7-20-13/h2-6H,7H2,1H3,(H,18,19). The second-order valence-corrected chi connectivity index (χ2v) is 5.86. The van der Waals surface area contributed by atoms with Crippen LogP contribution in [0.25, 0.3) is 0 Å². The second kappa shape index (κ2) is 5.58. The maximum atomic E-state index is 12.3. The number of ether oxygens (including phenoxy) is 2. The molecule has 2 aromatic carbocycles. The Hall–Kier alpha value is -1.72. The molecule has 1 amide bonds. The lowest BCUT2D eigenvalue weighted by Crippen LogP contribution is -2.12. The fourth-order valence-corrected chi connectivity index (χ4v) is 2.69. The molecule has 0 radical (unpaired) electrons. The summed E-state index contributed by atoms with van der Waals surface area (Å²) < 4.78 is 11.3. The van der Waals surface area contributed by atoms with Crippen molar-refractivity contribution in [2.24, 2.45) is 0 Å². The summed E-state index contributed by atoms with van der Waals surface area (Å²) in [6.07, 6.45) is 0. The molecule has 0 bridgehead atoms. The summed E-state index contributed by atoms with van der Waals surface area (Å²) >= 11 is 9.50. The number of carbonyl (C=O) groups is 1. The second-order valence-electron chi connectivity index (χ2n) is 4.60. The van der Waals surface area contributed by atoms with Gasteiger partial charge in [-0.05, 0) is 58.7 Å². The van der Waals surface area contributed by atoms with Crippen LogP contribution in [0, 0.1) is 6.92 Å². The maximum Gasteiger partial charge on any atom is 0.255 e. The van der Waals surface area contributed by atoms with Crippen molar-refractivity contribution in [1.82, 2.24) is 0 Å². The highest BCUT2D eigenvalue weighted by Gasteiger charge is 2.17. The number of aryl methyl sites for hydroxylation is 1. The average molecular weight is 369 g/mol. The third-order valence-electron chi connectivity index (χ3n) is 3.13. The van der Waals surface area contributed by atoms with Crippen molar-refractivity contribution in [2.75, 3.05) is 12.1 Å². The molecule has 2 aromatic rings. The summed E-state index contributed by atoms with van der Waals surface area (Å²) in [6.45, 7) is 2.08. The zero-order valence-electron chi connectivity index (χ0n) is 11.1. The summed E-state index contributed by atoms with van der Waals surface area (Å²) in [6, 6.07) is 8.63. The van der Waals surface area contributed by atoms with Gasteiger partial charge in [-0.1, -0.05) is 11.6 Å². The molecule has 1 N–H and O–H groups in total. The lowest BCUT2D eigenvalue weighted by atomic mass is 10.1. The predicted molar refractivity (Wildman–Crippen MR) is 84.4 cm³/mol. The van der Waals surface area contributed by atoms with E-state index in [0.717, 1.165) is 10.0 Å². The highest BCUT2D eigenvalue weighted by molar-refractivity contribution is 9.10. The van der Waals surface area contributed by atoms with Crippen LogP contribution in [0.3, 0.4) is 0 Å². The number of rotatable bonds is 2. The van der Waals surface area contributed by atoms with E-state index in [0.29, 0.717) is 27.8 Å². The lowest BCUT2D eigenvalue weighted by Gasteiger charge is -2.10. The van der Waals surface area contributed by atoms with Gasteiger partial charge < -0.3 is 14.8 Å². The van der Waals surface area contributed by atoms with Crippen LogP contribution >= 0.6 is 27.5 Å². The van der Waals surface area contributed by atoms with Gasteiger partial charge >= 0.3 is 0 Å². The van der Waals surface area contributed by atoms with Crippen LogP contribution in [-0.4, -0.2) is 12.7 Å². The Bertz CT molecular complexity index is 733. The number of benzene rings is 2. The molecule has 0 spiro atoms. The number of anilines is 1. The van der Waals surface area contributed by atoms with Gasteiger partial charge in [-0.2, -0.15) is 0 Å². The SMILES string of the molecule is Cc1cc(Br)c(NC(=O)c2ccc3c(c2)OCO3)cc1Cl. The normalized spacial score (nSPS) is 12.3. The van der Waals surface area contributed by atoms with Crippen LogP contribution in [0.2, 0.25) is 5.02 Å². The molecule has 0 aromatic heterocycles. The fraction of sp³-hybridized carbons (Fsp3) is 0.133. The van der Waals surface area contributed by atoms with Crippen LogP contribution in [0.1, 0.15) is 15.9 Å². The molecule has 0 fully saturated rings. The summed E-state index contributed by atoms with van der Waals surface area (Å²) in [5, 5.41) is 3.42.